The van der Waals surface area contributed by atoms with Crippen molar-refractivity contribution >= 4 is 40.6 Å². The predicted molar refractivity (Wildman–Crippen MR) is 98.3 cm³/mol. The van der Waals surface area contributed by atoms with Crippen LogP contribution in [0.25, 0.3) is 0 Å². The van der Waals surface area contributed by atoms with Gasteiger partial charge in [-0.1, -0.05) is 37.3 Å². The first-order chi connectivity index (χ1) is 11.1. The fourth-order valence-corrected chi connectivity index (χ4v) is 3.22. The van der Waals surface area contributed by atoms with Crippen LogP contribution in [-0.4, -0.2) is 23.7 Å². The fraction of sp³-hybridized carbons (Fsp3) is 0.529. The number of benzene rings is 1. The zero-order valence-electron chi connectivity index (χ0n) is 13.4. The van der Waals surface area contributed by atoms with E-state index in [2.05, 4.69) is 10.6 Å². The zero-order chi connectivity index (χ0) is 16.7. The molecule has 0 heterocycles. The number of ether oxygens (including phenoxy) is 1. The van der Waals surface area contributed by atoms with Gasteiger partial charge in [0, 0.05) is 11.7 Å². The molecular formula is C17H23ClN2O2S. The van der Waals surface area contributed by atoms with E-state index in [1.807, 2.05) is 0 Å². The maximum atomic E-state index is 11.9. The number of anilines is 1. The molecule has 1 aromatic carbocycles. The van der Waals surface area contributed by atoms with Gasteiger partial charge in [-0.3, -0.25) is 0 Å². The Morgan fingerprint density at radius 2 is 2.00 bits per heavy atom. The molecule has 6 heteroatoms. The molecule has 2 N–H and O–H groups in total. The van der Waals surface area contributed by atoms with Crippen molar-refractivity contribution in [2.24, 2.45) is 0 Å². The number of nitrogens with one attached hydrogen (secondary N) is 2. The first kappa shape index (κ1) is 18.0. The van der Waals surface area contributed by atoms with Gasteiger partial charge in [0.25, 0.3) is 0 Å². The second kappa shape index (κ2) is 9.08. The van der Waals surface area contributed by atoms with Gasteiger partial charge in [0.15, 0.2) is 5.11 Å². The molecule has 0 unspecified atom stereocenters. The second-order valence-corrected chi connectivity index (χ2v) is 6.52. The Morgan fingerprint density at radius 3 is 2.65 bits per heavy atom. The Kier molecular flexibility index (Phi) is 7.12. The molecular weight excluding hydrogens is 332 g/mol. The van der Waals surface area contributed by atoms with Crippen molar-refractivity contribution < 1.29 is 9.53 Å². The van der Waals surface area contributed by atoms with E-state index in [0.717, 1.165) is 18.5 Å². The molecule has 2 rings (SSSR count). The van der Waals surface area contributed by atoms with E-state index in [0.29, 0.717) is 28.3 Å². The summed E-state index contributed by atoms with van der Waals surface area (Å²) in [7, 11) is 0. The molecule has 0 aliphatic heterocycles. The molecule has 0 aromatic heterocycles. The van der Waals surface area contributed by atoms with Crippen LogP contribution in [0, 0.1) is 0 Å². The van der Waals surface area contributed by atoms with Gasteiger partial charge in [-0.05, 0) is 50.2 Å². The van der Waals surface area contributed by atoms with Gasteiger partial charge < -0.3 is 15.4 Å². The average molecular weight is 355 g/mol. The van der Waals surface area contributed by atoms with E-state index in [1.54, 1.807) is 25.1 Å². The third-order valence-corrected chi connectivity index (χ3v) is 4.46. The molecule has 1 aliphatic carbocycles. The fourth-order valence-electron chi connectivity index (χ4n) is 2.74. The Balaban J connectivity index is 1.97. The highest BCUT2D eigenvalue weighted by Crippen LogP contribution is 2.22. The molecule has 0 spiro atoms. The molecule has 23 heavy (non-hydrogen) atoms. The molecule has 1 fully saturated rings. The van der Waals surface area contributed by atoms with E-state index < -0.39 is 5.97 Å². The number of carbonyl (C=O) groups is 1. The minimum atomic E-state index is -0.427. The summed E-state index contributed by atoms with van der Waals surface area (Å²) in [6.45, 7) is 2.08. The Bertz CT molecular complexity index is 558. The number of hydrogen-bond donors (Lipinski definition) is 2. The van der Waals surface area contributed by atoms with Crippen molar-refractivity contribution in [2.75, 3.05) is 11.9 Å². The van der Waals surface area contributed by atoms with Gasteiger partial charge >= 0.3 is 5.97 Å². The third-order valence-electron chi connectivity index (χ3n) is 3.91. The number of hydrogen-bond acceptors (Lipinski definition) is 3. The van der Waals surface area contributed by atoms with Gasteiger partial charge in [-0.15, -0.1) is 0 Å². The van der Waals surface area contributed by atoms with Gasteiger partial charge in [0.1, 0.15) is 0 Å². The maximum absolute atomic E-state index is 11.9. The van der Waals surface area contributed by atoms with E-state index >= 15 is 0 Å². The Labute approximate surface area is 147 Å². The molecule has 0 amide bonds. The van der Waals surface area contributed by atoms with Crippen LogP contribution in [0.2, 0.25) is 5.02 Å². The number of esters is 1. The lowest BCUT2D eigenvalue weighted by Gasteiger charge is -2.19. The summed E-state index contributed by atoms with van der Waals surface area (Å²) in [5.41, 5.74) is 1.07. The Hall–Kier alpha value is -1.33. The summed E-state index contributed by atoms with van der Waals surface area (Å²) < 4.78 is 5.00. The smallest absolute Gasteiger partial charge is 0.339 e. The summed E-state index contributed by atoms with van der Waals surface area (Å²) in [6, 6.07) is 5.56. The lowest BCUT2D eigenvalue weighted by molar-refractivity contribution is 0.0526. The summed E-state index contributed by atoms with van der Waals surface area (Å²) >= 11 is 11.4. The maximum Gasteiger partial charge on any atom is 0.339 e. The van der Waals surface area contributed by atoms with Crippen LogP contribution in [0.15, 0.2) is 18.2 Å². The lowest BCUT2D eigenvalue weighted by atomic mass is 10.1. The van der Waals surface area contributed by atoms with Crippen LogP contribution in [-0.2, 0) is 4.74 Å². The van der Waals surface area contributed by atoms with Crippen molar-refractivity contribution in [1.29, 1.82) is 0 Å². The molecule has 126 valence electrons. The molecule has 1 aromatic rings. The summed E-state index contributed by atoms with van der Waals surface area (Å²) in [5.74, 6) is -0.427. The molecule has 1 aliphatic rings. The number of carbonyl (C=O) groups excluding carboxylic acids is 1. The summed E-state index contributed by atoms with van der Waals surface area (Å²) in [5, 5.41) is 7.44. The van der Waals surface area contributed by atoms with Gasteiger partial charge in [-0.25, -0.2) is 4.79 Å². The minimum Gasteiger partial charge on any atom is -0.462 e. The van der Waals surface area contributed by atoms with Crippen molar-refractivity contribution in [3.63, 3.8) is 0 Å². The molecule has 0 atom stereocenters. The van der Waals surface area contributed by atoms with Gasteiger partial charge in [0.05, 0.1) is 17.2 Å². The van der Waals surface area contributed by atoms with Crippen molar-refractivity contribution in [1.82, 2.24) is 5.32 Å². The topological polar surface area (TPSA) is 50.4 Å². The van der Waals surface area contributed by atoms with Crippen LogP contribution >= 0.6 is 23.8 Å². The first-order valence-corrected chi connectivity index (χ1v) is 8.93. The summed E-state index contributed by atoms with van der Waals surface area (Å²) in [6.07, 6.45) is 7.40. The van der Waals surface area contributed by atoms with E-state index in [4.69, 9.17) is 28.6 Å². The normalized spacial score (nSPS) is 15.6. The molecule has 4 nitrogen and oxygen atoms in total. The number of rotatable bonds is 4. The van der Waals surface area contributed by atoms with Gasteiger partial charge in [0.2, 0.25) is 0 Å². The Morgan fingerprint density at radius 1 is 1.30 bits per heavy atom. The second-order valence-electron chi connectivity index (χ2n) is 5.70. The first-order valence-electron chi connectivity index (χ1n) is 8.14. The number of halogens is 1. The monoisotopic (exact) mass is 354 g/mol. The van der Waals surface area contributed by atoms with Crippen molar-refractivity contribution in [3.8, 4) is 0 Å². The third kappa shape index (κ3) is 5.66. The highest BCUT2D eigenvalue weighted by atomic mass is 35.5. The minimum absolute atomic E-state index is 0.314. The van der Waals surface area contributed by atoms with Crippen LogP contribution in [0.1, 0.15) is 55.8 Å². The quantitative estimate of drug-likeness (QED) is 0.472. The van der Waals surface area contributed by atoms with E-state index in [9.17, 15) is 4.79 Å². The van der Waals surface area contributed by atoms with Crippen LogP contribution in [0.5, 0.6) is 0 Å². The van der Waals surface area contributed by atoms with Crippen LogP contribution in [0.3, 0.4) is 0 Å². The zero-order valence-corrected chi connectivity index (χ0v) is 14.9. The molecule has 0 saturated heterocycles. The van der Waals surface area contributed by atoms with Crippen LogP contribution < -0.4 is 10.6 Å². The van der Waals surface area contributed by atoms with E-state index in [-0.39, 0.29) is 0 Å². The largest absolute Gasteiger partial charge is 0.462 e. The van der Waals surface area contributed by atoms with Crippen molar-refractivity contribution in [3.05, 3.63) is 28.8 Å². The predicted octanol–water partition coefficient (Wildman–Crippen LogP) is 4.53. The lowest BCUT2D eigenvalue weighted by Crippen LogP contribution is -2.37. The number of thiocarbonyl (C=S) groups is 1. The van der Waals surface area contributed by atoms with Crippen LogP contribution in [0.4, 0.5) is 5.69 Å². The van der Waals surface area contributed by atoms with Crippen molar-refractivity contribution in [2.45, 2.75) is 51.5 Å². The highest BCUT2D eigenvalue weighted by molar-refractivity contribution is 7.80. The summed E-state index contributed by atoms with van der Waals surface area (Å²) in [4.78, 5) is 11.9. The standard InChI is InChI=1S/C17H23ClN2O2S/c1-2-22-16(21)14-11-13(9-10-15(14)18)20-17(23)19-12-7-5-3-4-6-8-12/h9-12H,2-8H2,1H3,(H2,19,20,23). The SMILES string of the molecule is CCOC(=O)c1cc(NC(=S)NC2CCCCCC2)ccc1Cl. The molecule has 1 saturated carbocycles. The van der Waals surface area contributed by atoms with Gasteiger partial charge in [-0.2, -0.15) is 0 Å². The average Bonchev–Trinajstić information content (AvgIpc) is 2.78. The van der Waals surface area contributed by atoms with E-state index in [1.165, 1.54) is 25.7 Å². The highest BCUT2D eigenvalue weighted by Gasteiger charge is 2.15. The molecule has 0 bridgehead atoms. The molecule has 0 radical (unpaired) electrons.